The van der Waals surface area contributed by atoms with Gasteiger partial charge in [-0.25, -0.2) is 4.98 Å². The maximum atomic E-state index is 5.54. The summed E-state index contributed by atoms with van der Waals surface area (Å²) in [6.07, 6.45) is 2.34. The highest BCUT2D eigenvalue weighted by Gasteiger charge is 2.18. The van der Waals surface area contributed by atoms with Crippen molar-refractivity contribution in [1.29, 1.82) is 0 Å². The highest BCUT2D eigenvalue weighted by molar-refractivity contribution is 5.77. The molecular weight excluding hydrogens is 250 g/mol. The van der Waals surface area contributed by atoms with E-state index < -0.39 is 0 Å². The first-order valence-corrected chi connectivity index (χ1v) is 7.49. The molecule has 1 saturated heterocycles. The van der Waals surface area contributed by atoms with Crippen LogP contribution in [0, 0.1) is 0 Å². The summed E-state index contributed by atoms with van der Waals surface area (Å²) in [6, 6.07) is 8.20. The Bertz CT molecular complexity index is 509. The Morgan fingerprint density at radius 1 is 1.10 bits per heavy atom. The van der Waals surface area contributed by atoms with E-state index in [1.54, 1.807) is 0 Å². The van der Waals surface area contributed by atoms with Gasteiger partial charge < -0.3 is 15.6 Å². The molecule has 1 fully saturated rings. The minimum Gasteiger partial charge on any atom is -0.340 e. The number of nitrogens with two attached hydrogens (primary N) is 1. The molecule has 1 aliphatic heterocycles. The average molecular weight is 273 g/mol. The second-order valence-corrected chi connectivity index (χ2v) is 5.40. The number of piperazine rings is 1. The fourth-order valence-corrected chi connectivity index (χ4v) is 2.75. The molecule has 0 radical (unpaired) electrons. The van der Waals surface area contributed by atoms with Gasteiger partial charge in [-0.3, -0.25) is 4.90 Å². The van der Waals surface area contributed by atoms with E-state index in [1.807, 2.05) is 12.1 Å². The summed E-state index contributed by atoms with van der Waals surface area (Å²) in [7, 11) is 0. The van der Waals surface area contributed by atoms with Crippen LogP contribution in [0.3, 0.4) is 0 Å². The molecule has 3 N–H and O–H groups in total. The SMILES string of the molecule is NCCCCN1CCN(c2nc3ccccc3[nH]2)CC1. The number of aromatic amines is 1. The Kier molecular flexibility index (Phi) is 4.18. The molecule has 108 valence electrons. The van der Waals surface area contributed by atoms with E-state index >= 15 is 0 Å². The third-order valence-electron chi connectivity index (χ3n) is 3.98. The molecule has 20 heavy (non-hydrogen) atoms. The number of fused-ring (bicyclic) bond motifs is 1. The molecule has 5 heteroatoms. The van der Waals surface area contributed by atoms with Crippen LogP contribution in [-0.2, 0) is 0 Å². The monoisotopic (exact) mass is 273 g/mol. The third kappa shape index (κ3) is 2.94. The number of unbranched alkanes of at least 4 members (excludes halogenated alkanes) is 1. The number of H-pyrrole nitrogens is 1. The topological polar surface area (TPSA) is 61.2 Å². The molecule has 0 spiro atoms. The molecule has 0 amide bonds. The lowest BCUT2D eigenvalue weighted by Crippen LogP contribution is -2.47. The van der Waals surface area contributed by atoms with Crippen LogP contribution in [0.25, 0.3) is 11.0 Å². The number of hydrogen-bond donors (Lipinski definition) is 2. The van der Waals surface area contributed by atoms with Gasteiger partial charge in [0.05, 0.1) is 11.0 Å². The normalized spacial score (nSPS) is 16.9. The lowest BCUT2D eigenvalue weighted by molar-refractivity contribution is 0.252. The molecule has 2 aromatic rings. The Morgan fingerprint density at radius 2 is 1.90 bits per heavy atom. The number of hydrogen-bond acceptors (Lipinski definition) is 4. The molecule has 1 aromatic carbocycles. The Morgan fingerprint density at radius 3 is 2.65 bits per heavy atom. The first-order valence-electron chi connectivity index (χ1n) is 7.49. The van der Waals surface area contributed by atoms with Gasteiger partial charge in [0, 0.05) is 26.2 Å². The zero-order valence-corrected chi connectivity index (χ0v) is 11.9. The molecule has 1 aromatic heterocycles. The zero-order chi connectivity index (χ0) is 13.8. The number of nitrogens with one attached hydrogen (secondary N) is 1. The van der Waals surface area contributed by atoms with Gasteiger partial charge in [0.25, 0.3) is 0 Å². The van der Waals surface area contributed by atoms with Crippen molar-refractivity contribution in [1.82, 2.24) is 14.9 Å². The molecule has 0 aliphatic carbocycles. The summed E-state index contributed by atoms with van der Waals surface area (Å²) in [4.78, 5) is 13.0. The average Bonchev–Trinajstić information content (AvgIpc) is 2.92. The van der Waals surface area contributed by atoms with Crippen LogP contribution < -0.4 is 10.6 Å². The zero-order valence-electron chi connectivity index (χ0n) is 11.9. The van der Waals surface area contributed by atoms with Crippen molar-refractivity contribution < 1.29 is 0 Å². The molecule has 1 aliphatic rings. The van der Waals surface area contributed by atoms with Gasteiger partial charge in [-0.2, -0.15) is 0 Å². The van der Waals surface area contributed by atoms with Crippen molar-refractivity contribution in [2.24, 2.45) is 5.73 Å². The van der Waals surface area contributed by atoms with Crippen LogP contribution in [0.5, 0.6) is 0 Å². The first-order chi connectivity index (χ1) is 9.86. The van der Waals surface area contributed by atoms with Crippen LogP contribution in [0.1, 0.15) is 12.8 Å². The molecule has 0 bridgehead atoms. The van der Waals surface area contributed by atoms with E-state index in [0.717, 1.165) is 56.1 Å². The minimum atomic E-state index is 0.805. The highest BCUT2D eigenvalue weighted by atomic mass is 15.3. The molecular formula is C15H23N5. The lowest BCUT2D eigenvalue weighted by atomic mass is 10.2. The number of imidazole rings is 1. The Balaban J connectivity index is 1.57. The summed E-state index contributed by atoms with van der Waals surface area (Å²) in [5, 5.41) is 0. The van der Waals surface area contributed by atoms with E-state index in [9.17, 15) is 0 Å². The summed E-state index contributed by atoms with van der Waals surface area (Å²) in [6.45, 7) is 6.29. The number of nitrogens with zero attached hydrogens (tertiary/aromatic N) is 3. The van der Waals surface area contributed by atoms with Crippen molar-refractivity contribution in [3.05, 3.63) is 24.3 Å². The predicted octanol–water partition coefficient (Wildman–Crippen LogP) is 1.42. The van der Waals surface area contributed by atoms with Gasteiger partial charge in [0.1, 0.15) is 0 Å². The van der Waals surface area contributed by atoms with E-state index in [0.29, 0.717) is 0 Å². The van der Waals surface area contributed by atoms with Gasteiger partial charge in [-0.05, 0) is 38.1 Å². The molecule has 3 rings (SSSR count). The quantitative estimate of drug-likeness (QED) is 0.809. The number of anilines is 1. The van der Waals surface area contributed by atoms with Gasteiger partial charge in [-0.15, -0.1) is 0 Å². The molecule has 2 heterocycles. The molecule has 0 saturated carbocycles. The van der Waals surface area contributed by atoms with Crippen LogP contribution in [0.15, 0.2) is 24.3 Å². The maximum Gasteiger partial charge on any atom is 0.203 e. The first kappa shape index (κ1) is 13.4. The lowest BCUT2D eigenvalue weighted by Gasteiger charge is -2.34. The van der Waals surface area contributed by atoms with E-state index in [-0.39, 0.29) is 0 Å². The maximum absolute atomic E-state index is 5.54. The van der Waals surface area contributed by atoms with Crippen molar-refractivity contribution in [3.8, 4) is 0 Å². The molecule has 5 nitrogen and oxygen atoms in total. The van der Waals surface area contributed by atoms with Crippen LogP contribution in [-0.4, -0.2) is 54.1 Å². The van der Waals surface area contributed by atoms with Crippen molar-refractivity contribution in [3.63, 3.8) is 0 Å². The second-order valence-electron chi connectivity index (χ2n) is 5.40. The Labute approximate surface area is 119 Å². The fourth-order valence-electron chi connectivity index (χ4n) is 2.75. The minimum absolute atomic E-state index is 0.805. The van der Waals surface area contributed by atoms with Crippen molar-refractivity contribution in [2.45, 2.75) is 12.8 Å². The summed E-state index contributed by atoms with van der Waals surface area (Å²) in [5.41, 5.74) is 7.71. The van der Waals surface area contributed by atoms with Gasteiger partial charge in [-0.1, -0.05) is 12.1 Å². The third-order valence-corrected chi connectivity index (χ3v) is 3.98. The number of aromatic nitrogens is 2. The van der Waals surface area contributed by atoms with Gasteiger partial charge in [0.15, 0.2) is 0 Å². The van der Waals surface area contributed by atoms with Crippen molar-refractivity contribution in [2.75, 3.05) is 44.2 Å². The number of para-hydroxylation sites is 2. The largest absolute Gasteiger partial charge is 0.340 e. The molecule has 0 unspecified atom stereocenters. The van der Waals surface area contributed by atoms with Gasteiger partial charge in [0.2, 0.25) is 5.95 Å². The Hall–Kier alpha value is -1.59. The fraction of sp³-hybridized carbons (Fsp3) is 0.533. The van der Waals surface area contributed by atoms with Crippen LogP contribution in [0.2, 0.25) is 0 Å². The summed E-state index contributed by atoms with van der Waals surface area (Å²) < 4.78 is 0. The molecule has 0 atom stereocenters. The summed E-state index contributed by atoms with van der Waals surface area (Å²) in [5.74, 6) is 1.01. The summed E-state index contributed by atoms with van der Waals surface area (Å²) >= 11 is 0. The van der Waals surface area contributed by atoms with E-state index in [4.69, 9.17) is 5.73 Å². The van der Waals surface area contributed by atoms with Crippen LogP contribution >= 0.6 is 0 Å². The van der Waals surface area contributed by atoms with Crippen LogP contribution in [0.4, 0.5) is 5.95 Å². The van der Waals surface area contributed by atoms with Crippen molar-refractivity contribution >= 4 is 17.0 Å². The smallest absolute Gasteiger partial charge is 0.203 e. The number of benzene rings is 1. The van der Waals surface area contributed by atoms with E-state index in [2.05, 4.69) is 31.9 Å². The predicted molar refractivity (Wildman–Crippen MR) is 83.0 cm³/mol. The standard InChI is InChI=1S/C15H23N5/c16-7-3-4-8-19-9-11-20(12-10-19)15-17-13-5-1-2-6-14(13)18-15/h1-2,5-6H,3-4,7-12,16H2,(H,17,18). The highest BCUT2D eigenvalue weighted by Crippen LogP contribution is 2.18. The second kappa shape index (κ2) is 6.24. The van der Waals surface area contributed by atoms with Gasteiger partial charge >= 0.3 is 0 Å². The van der Waals surface area contributed by atoms with E-state index in [1.165, 1.54) is 13.0 Å². The number of rotatable bonds is 5.